The molecule has 0 aliphatic rings. The first-order chi connectivity index (χ1) is 10.4. The highest BCUT2D eigenvalue weighted by atomic mass is 79.9. The number of alkyl halides is 2. The molecule has 0 unspecified atom stereocenters. The lowest BCUT2D eigenvalue weighted by molar-refractivity contribution is 0.103. The number of carbonyl (C=O) groups excluding carboxylic acids is 1. The van der Waals surface area contributed by atoms with Crippen LogP contribution in [0.4, 0.5) is 0 Å². The Morgan fingerprint density at radius 3 is 1.50 bits per heavy atom. The first-order valence-corrected chi connectivity index (χ1v) is 10.6. The summed E-state index contributed by atoms with van der Waals surface area (Å²) in [5, 5.41) is 2.19. The van der Waals surface area contributed by atoms with Crippen molar-refractivity contribution in [2.75, 3.05) is 0 Å². The van der Waals surface area contributed by atoms with Gasteiger partial charge in [-0.05, 0) is 67.3 Å². The van der Waals surface area contributed by atoms with Crippen molar-refractivity contribution in [3.63, 3.8) is 0 Å². The van der Waals surface area contributed by atoms with E-state index < -0.39 is 0 Å². The van der Waals surface area contributed by atoms with Gasteiger partial charge < -0.3 is 0 Å². The summed E-state index contributed by atoms with van der Waals surface area (Å²) in [5.41, 5.74) is 2.85. The molecule has 0 aliphatic carbocycles. The van der Waals surface area contributed by atoms with Gasteiger partial charge in [0.2, 0.25) is 0 Å². The van der Waals surface area contributed by atoms with Gasteiger partial charge in [-0.3, -0.25) is 4.79 Å². The fraction of sp³-hybridized carbons (Fsp3) is 0.133. The summed E-state index contributed by atoms with van der Waals surface area (Å²) in [7, 11) is 0. The van der Waals surface area contributed by atoms with Gasteiger partial charge >= 0.3 is 0 Å². The summed E-state index contributed by atoms with van der Waals surface area (Å²) in [4.78, 5) is 13.0. The van der Waals surface area contributed by atoms with Gasteiger partial charge in [0.15, 0.2) is 5.78 Å². The molecule has 0 saturated carbocycles. The second-order valence-electron chi connectivity index (χ2n) is 4.37. The van der Waals surface area contributed by atoms with Gasteiger partial charge in [-0.15, -0.1) is 0 Å². The normalized spacial score (nSPS) is 10.8. The third kappa shape index (κ3) is 3.65. The zero-order valence-corrected chi connectivity index (χ0v) is 18.8. The van der Waals surface area contributed by atoms with E-state index in [1.807, 2.05) is 0 Å². The number of benzene rings is 2. The standard InChI is InChI=1S/C15H8Br4Cl2O/c16-5-9-7(1-3-11(20)13(9)18)15(22)8-2-4-12(21)14(19)10(8)6-17/h1-4H,5-6H2. The van der Waals surface area contributed by atoms with Gasteiger partial charge in [-0.2, -0.15) is 0 Å². The minimum Gasteiger partial charge on any atom is -0.289 e. The average Bonchev–Trinajstić information content (AvgIpc) is 2.51. The predicted molar refractivity (Wildman–Crippen MR) is 107 cm³/mol. The number of rotatable bonds is 4. The fourth-order valence-electron chi connectivity index (χ4n) is 2.02. The zero-order valence-electron chi connectivity index (χ0n) is 10.9. The van der Waals surface area contributed by atoms with Crippen LogP contribution in [-0.2, 0) is 10.7 Å². The largest absolute Gasteiger partial charge is 0.289 e. The van der Waals surface area contributed by atoms with Crippen LogP contribution < -0.4 is 0 Å². The maximum atomic E-state index is 13.0. The van der Waals surface area contributed by atoms with E-state index in [2.05, 4.69) is 63.7 Å². The first kappa shape index (κ1) is 18.9. The summed E-state index contributed by atoms with van der Waals surface area (Å²) >= 11 is 25.9. The molecule has 0 saturated heterocycles. The van der Waals surface area contributed by atoms with E-state index in [1.165, 1.54) is 0 Å². The summed E-state index contributed by atoms with van der Waals surface area (Å²) < 4.78 is 1.45. The Balaban J connectivity index is 2.64. The predicted octanol–water partition coefficient (Wildman–Crippen LogP) is 7.54. The van der Waals surface area contributed by atoms with Gasteiger partial charge in [0.25, 0.3) is 0 Å². The molecule has 2 rings (SSSR count). The van der Waals surface area contributed by atoms with Crippen LogP contribution in [0, 0.1) is 0 Å². The van der Waals surface area contributed by atoms with Crippen molar-refractivity contribution in [1.29, 1.82) is 0 Å². The molecule has 0 spiro atoms. The SMILES string of the molecule is O=C(c1ccc(Cl)c(Br)c1CBr)c1ccc(Cl)c(Br)c1CBr. The lowest BCUT2D eigenvalue weighted by Gasteiger charge is -2.13. The molecular weight excluding hydrogens is 587 g/mol. The highest BCUT2D eigenvalue weighted by Crippen LogP contribution is 2.35. The van der Waals surface area contributed by atoms with E-state index in [4.69, 9.17) is 23.2 Å². The molecule has 0 heterocycles. The van der Waals surface area contributed by atoms with E-state index in [-0.39, 0.29) is 5.78 Å². The van der Waals surface area contributed by atoms with E-state index >= 15 is 0 Å². The number of hydrogen-bond acceptors (Lipinski definition) is 1. The van der Waals surface area contributed by atoms with Crippen molar-refractivity contribution in [2.45, 2.75) is 10.7 Å². The number of halogens is 6. The smallest absolute Gasteiger partial charge is 0.193 e. The van der Waals surface area contributed by atoms with E-state index in [1.54, 1.807) is 24.3 Å². The van der Waals surface area contributed by atoms with Crippen molar-refractivity contribution in [3.8, 4) is 0 Å². The molecule has 7 heteroatoms. The van der Waals surface area contributed by atoms with E-state index in [9.17, 15) is 4.79 Å². The third-order valence-corrected chi connectivity index (χ3v) is 7.17. The monoisotopic (exact) mass is 590 g/mol. The Hall–Kier alpha value is 0.610. The molecule has 2 aromatic rings. The summed E-state index contributed by atoms with van der Waals surface area (Å²) in [5.74, 6) is -0.0707. The van der Waals surface area contributed by atoms with Crippen LogP contribution in [-0.4, -0.2) is 5.78 Å². The van der Waals surface area contributed by atoms with Crippen LogP contribution in [0.2, 0.25) is 10.0 Å². The summed E-state index contributed by atoms with van der Waals surface area (Å²) in [6.45, 7) is 0. The first-order valence-electron chi connectivity index (χ1n) is 6.02. The maximum Gasteiger partial charge on any atom is 0.193 e. The van der Waals surface area contributed by atoms with Gasteiger partial charge in [-0.25, -0.2) is 0 Å². The Bertz CT molecular complexity index is 685. The second-order valence-corrected chi connectivity index (χ2v) is 7.89. The number of hydrogen-bond donors (Lipinski definition) is 0. The van der Waals surface area contributed by atoms with Crippen LogP contribution >= 0.6 is 86.9 Å². The molecule has 116 valence electrons. The van der Waals surface area contributed by atoms with Crippen molar-refractivity contribution in [3.05, 3.63) is 65.5 Å². The van der Waals surface area contributed by atoms with Crippen molar-refractivity contribution in [2.24, 2.45) is 0 Å². The van der Waals surface area contributed by atoms with Crippen molar-refractivity contribution >= 4 is 92.7 Å². The minimum atomic E-state index is -0.0707. The molecule has 0 aromatic heterocycles. The molecule has 0 bridgehead atoms. The van der Waals surface area contributed by atoms with Gasteiger partial charge in [0.1, 0.15) is 0 Å². The minimum absolute atomic E-state index is 0.0707. The lowest BCUT2D eigenvalue weighted by atomic mass is 9.96. The molecule has 1 nitrogen and oxygen atoms in total. The van der Waals surface area contributed by atoms with E-state index in [0.29, 0.717) is 31.8 Å². The summed E-state index contributed by atoms with van der Waals surface area (Å²) in [6.07, 6.45) is 0. The van der Waals surface area contributed by atoms with Crippen molar-refractivity contribution < 1.29 is 4.79 Å². The highest BCUT2D eigenvalue weighted by Gasteiger charge is 2.21. The lowest BCUT2D eigenvalue weighted by Crippen LogP contribution is -2.09. The Kier molecular flexibility index (Phi) is 7.00. The van der Waals surface area contributed by atoms with E-state index in [0.717, 1.165) is 20.1 Å². The summed E-state index contributed by atoms with van der Waals surface area (Å²) in [6, 6.07) is 6.91. The zero-order chi connectivity index (χ0) is 16.4. The van der Waals surface area contributed by atoms with Crippen molar-refractivity contribution in [1.82, 2.24) is 0 Å². The van der Waals surface area contributed by atoms with Crippen LogP contribution in [0.15, 0.2) is 33.2 Å². The Morgan fingerprint density at radius 2 is 1.18 bits per heavy atom. The molecule has 0 atom stereocenters. The molecule has 0 radical (unpaired) electrons. The number of carbonyl (C=O) groups is 1. The van der Waals surface area contributed by atoms with Crippen LogP contribution in [0.5, 0.6) is 0 Å². The molecule has 22 heavy (non-hydrogen) atoms. The van der Waals surface area contributed by atoms with Gasteiger partial charge in [0, 0.05) is 30.7 Å². The third-order valence-electron chi connectivity index (χ3n) is 3.15. The molecule has 0 fully saturated rings. The van der Waals surface area contributed by atoms with Crippen LogP contribution in [0.25, 0.3) is 0 Å². The van der Waals surface area contributed by atoms with Crippen LogP contribution in [0.3, 0.4) is 0 Å². The molecule has 0 amide bonds. The number of ketones is 1. The Morgan fingerprint density at radius 1 is 0.818 bits per heavy atom. The van der Waals surface area contributed by atoms with Gasteiger partial charge in [-0.1, -0.05) is 55.1 Å². The maximum absolute atomic E-state index is 13.0. The highest BCUT2D eigenvalue weighted by molar-refractivity contribution is 9.11. The fourth-order valence-corrected chi connectivity index (χ4v) is 5.26. The second kappa shape index (κ2) is 8.13. The quantitative estimate of drug-likeness (QED) is 0.264. The van der Waals surface area contributed by atoms with Crippen LogP contribution in [0.1, 0.15) is 27.0 Å². The molecular formula is C15H8Br4Cl2O. The molecule has 0 aliphatic heterocycles. The average molecular weight is 595 g/mol. The Labute approximate surface area is 172 Å². The topological polar surface area (TPSA) is 17.1 Å². The van der Waals surface area contributed by atoms with Gasteiger partial charge in [0.05, 0.1) is 10.0 Å². The molecule has 0 N–H and O–H groups in total. The molecule has 2 aromatic carbocycles.